The lowest BCUT2D eigenvalue weighted by atomic mass is 9.94. The van der Waals surface area contributed by atoms with E-state index in [1.807, 2.05) is 37.6 Å². The molecular weight excluding hydrogens is 338 g/mol. The Balaban J connectivity index is 1.33. The van der Waals surface area contributed by atoms with E-state index in [4.69, 9.17) is 0 Å². The number of pyridine rings is 1. The molecule has 0 aliphatic carbocycles. The number of aryl methyl sites for hydroxylation is 2. The van der Waals surface area contributed by atoms with Gasteiger partial charge in [0.2, 0.25) is 5.91 Å². The molecule has 2 aromatic heterocycles. The van der Waals surface area contributed by atoms with Crippen molar-refractivity contribution in [3.63, 3.8) is 0 Å². The smallest absolute Gasteiger partial charge is 0.222 e. The summed E-state index contributed by atoms with van der Waals surface area (Å²) in [5, 5.41) is 0. The highest BCUT2D eigenvalue weighted by Crippen LogP contribution is 2.29. The van der Waals surface area contributed by atoms with Crippen LogP contribution in [0, 0.1) is 12.8 Å². The molecule has 0 saturated carbocycles. The average Bonchev–Trinajstić information content (AvgIpc) is 2.89. The maximum atomic E-state index is 12.9. The zero-order valence-corrected chi connectivity index (χ0v) is 16.1. The predicted octanol–water partition coefficient (Wildman–Crippen LogP) is 2.49. The summed E-state index contributed by atoms with van der Waals surface area (Å²) in [4.78, 5) is 26.3. The van der Waals surface area contributed by atoms with E-state index >= 15 is 0 Å². The average molecular weight is 367 g/mol. The van der Waals surface area contributed by atoms with Gasteiger partial charge < -0.3 is 9.47 Å². The highest BCUT2D eigenvalue weighted by atomic mass is 16.2. The van der Waals surface area contributed by atoms with Crippen molar-refractivity contribution in [3.8, 4) is 0 Å². The molecule has 0 aromatic carbocycles. The Kier molecular flexibility index (Phi) is 5.53. The second-order valence-corrected chi connectivity index (χ2v) is 7.93. The first kappa shape index (κ1) is 18.2. The summed E-state index contributed by atoms with van der Waals surface area (Å²) in [5.41, 5.74) is 1.12. The predicted molar refractivity (Wildman–Crippen MR) is 104 cm³/mol. The van der Waals surface area contributed by atoms with Crippen LogP contribution in [0.15, 0.2) is 36.8 Å². The summed E-state index contributed by atoms with van der Waals surface area (Å²) >= 11 is 0. The fraction of sp³-hybridized carbons (Fsp3) is 0.571. The van der Waals surface area contributed by atoms with Crippen LogP contribution in [-0.4, -0.2) is 55.9 Å². The van der Waals surface area contributed by atoms with E-state index in [-0.39, 0.29) is 0 Å². The molecule has 5 rings (SSSR count). The quantitative estimate of drug-likeness (QED) is 0.787. The largest absolute Gasteiger partial charge is 0.338 e. The molecule has 0 radical (unpaired) electrons. The first-order chi connectivity index (χ1) is 13.2. The summed E-state index contributed by atoms with van der Waals surface area (Å²) in [6, 6.07) is 6.46. The van der Waals surface area contributed by atoms with E-state index in [0.29, 0.717) is 24.3 Å². The van der Waals surface area contributed by atoms with E-state index < -0.39 is 0 Å². The number of imidazole rings is 1. The number of hydrogen-bond acceptors (Lipinski definition) is 4. The summed E-state index contributed by atoms with van der Waals surface area (Å²) in [6.45, 7) is 6.73. The lowest BCUT2D eigenvalue weighted by molar-refractivity contribution is -0.135. The van der Waals surface area contributed by atoms with Gasteiger partial charge in [0.25, 0.3) is 0 Å². The molecule has 0 N–H and O–H groups in total. The number of fused-ring (bicyclic) bond motifs is 4. The molecule has 144 valence electrons. The van der Waals surface area contributed by atoms with Crippen molar-refractivity contribution in [3.05, 3.63) is 48.3 Å². The van der Waals surface area contributed by atoms with Gasteiger partial charge >= 0.3 is 0 Å². The minimum absolute atomic E-state index is 0.321. The lowest BCUT2D eigenvalue weighted by Gasteiger charge is -2.36. The number of piperidine rings is 1. The monoisotopic (exact) mass is 367 g/mol. The molecule has 0 spiro atoms. The first-order valence-electron chi connectivity index (χ1n) is 10.1. The molecule has 6 heteroatoms. The fourth-order valence-corrected chi connectivity index (χ4v) is 4.52. The number of aromatic nitrogens is 3. The third-order valence-electron chi connectivity index (χ3n) is 5.93. The van der Waals surface area contributed by atoms with Crippen LogP contribution in [0.4, 0.5) is 0 Å². The van der Waals surface area contributed by atoms with E-state index in [9.17, 15) is 4.79 Å². The van der Waals surface area contributed by atoms with Crippen molar-refractivity contribution in [2.24, 2.45) is 5.92 Å². The fourth-order valence-electron chi connectivity index (χ4n) is 4.52. The molecule has 2 bridgehead atoms. The number of hydrogen-bond donors (Lipinski definition) is 0. The van der Waals surface area contributed by atoms with Crippen molar-refractivity contribution >= 4 is 5.91 Å². The van der Waals surface area contributed by atoms with Gasteiger partial charge in [-0.3, -0.25) is 14.7 Å². The number of carbonyl (C=O) groups is 1. The maximum absolute atomic E-state index is 12.9. The Labute approximate surface area is 161 Å². The molecule has 2 aromatic rings. The van der Waals surface area contributed by atoms with Crippen LogP contribution in [0.3, 0.4) is 0 Å². The second kappa shape index (κ2) is 8.21. The van der Waals surface area contributed by atoms with Gasteiger partial charge in [0.15, 0.2) is 0 Å². The zero-order valence-electron chi connectivity index (χ0n) is 16.1. The van der Waals surface area contributed by atoms with Crippen LogP contribution in [0.2, 0.25) is 0 Å². The molecule has 5 heterocycles. The molecule has 3 fully saturated rings. The van der Waals surface area contributed by atoms with Gasteiger partial charge in [-0.05, 0) is 44.2 Å². The van der Waals surface area contributed by atoms with Gasteiger partial charge in [-0.1, -0.05) is 6.07 Å². The van der Waals surface area contributed by atoms with Gasteiger partial charge in [0.05, 0.1) is 5.69 Å². The van der Waals surface area contributed by atoms with Crippen LogP contribution in [0.5, 0.6) is 0 Å². The number of rotatable bonds is 6. The van der Waals surface area contributed by atoms with Gasteiger partial charge in [-0.2, -0.15) is 0 Å². The van der Waals surface area contributed by atoms with Gasteiger partial charge in [0.1, 0.15) is 5.82 Å². The minimum Gasteiger partial charge on any atom is -0.338 e. The van der Waals surface area contributed by atoms with E-state index in [1.54, 1.807) is 0 Å². The lowest BCUT2D eigenvalue weighted by Crippen LogP contribution is -2.47. The Bertz CT molecular complexity index is 759. The van der Waals surface area contributed by atoms with Crippen molar-refractivity contribution in [2.75, 3.05) is 19.6 Å². The SMILES string of the molecule is Cc1nccn1CCCC(=O)N1C[C@H]2CC[C@@H]1CN(Cc1ccccn1)C2. The number of carbonyl (C=O) groups excluding carboxylic acids is 1. The number of amides is 1. The normalized spacial score (nSPS) is 22.8. The van der Waals surface area contributed by atoms with E-state index in [1.165, 1.54) is 6.42 Å². The molecule has 6 nitrogen and oxygen atoms in total. The summed E-state index contributed by atoms with van der Waals surface area (Å²) in [6.07, 6.45) is 9.55. The molecule has 0 unspecified atom stereocenters. The summed E-state index contributed by atoms with van der Waals surface area (Å²) in [5.74, 6) is 1.93. The van der Waals surface area contributed by atoms with Crippen LogP contribution < -0.4 is 0 Å². The highest BCUT2D eigenvalue weighted by molar-refractivity contribution is 5.76. The zero-order chi connectivity index (χ0) is 18.6. The van der Waals surface area contributed by atoms with Gasteiger partial charge in [-0.25, -0.2) is 4.98 Å². The third-order valence-corrected chi connectivity index (χ3v) is 5.93. The first-order valence-corrected chi connectivity index (χ1v) is 10.1. The Morgan fingerprint density at radius 3 is 2.85 bits per heavy atom. The number of nitrogens with zero attached hydrogens (tertiary/aromatic N) is 5. The molecule has 3 aliphatic rings. The molecule has 27 heavy (non-hydrogen) atoms. The Hall–Kier alpha value is -2.21. The molecule has 3 saturated heterocycles. The Morgan fingerprint density at radius 2 is 2.07 bits per heavy atom. The van der Waals surface area contributed by atoms with Crippen LogP contribution in [0.1, 0.15) is 37.2 Å². The maximum Gasteiger partial charge on any atom is 0.222 e. The van der Waals surface area contributed by atoms with Crippen LogP contribution in [0.25, 0.3) is 0 Å². The minimum atomic E-state index is 0.321. The summed E-state index contributed by atoms with van der Waals surface area (Å²) in [7, 11) is 0. The van der Waals surface area contributed by atoms with Crippen molar-refractivity contribution in [2.45, 2.75) is 51.7 Å². The van der Waals surface area contributed by atoms with Crippen molar-refractivity contribution in [1.29, 1.82) is 0 Å². The van der Waals surface area contributed by atoms with Crippen molar-refractivity contribution in [1.82, 2.24) is 24.3 Å². The Morgan fingerprint density at radius 1 is 1.15 bits per heavy atom. The molecule has 2 atom stereocenters. The van der Waals surface area contributed by atoms with Gasteiger partial charge in [-0.15, -0.1) is 0 Å². The van der Waals surface area contributed by atoms with Crippen LogP contribution in [-0.2, 0) is 17.9 Å². The molecule has 1 amide bonds. The van der Waals surface area contributed by atoms with Gasteiger partial charge in [0, 0.05) is 63.8 Å². The van der Waals surface area contributed by atoms with Crippen molar-refractivity contribution < 1.29 is 4.79 Å². The highest BCUT2D eigenvalue weighted by Gasteiger charge is 2.36. The topological polar surface area (TPSA) is 54.3 Å². The van der Waals surface area contributed by atoms with E-state index in [0.717, 1.165) is 57.1 Å². The van der Waals surface area contributed by atoms with E-state index in [2.05, 4.69) is 30.4 Å². The second-order valence-electron chi connectivity index (χ2n) is 7.93. The molecular formula is C21H29N5O. The van der Waals surface area contributed by atoms with Crippen LogP contribution >= 0.6 is 0 Å². The molecule has 3 aliphatic heterocycles. The standard InChI is InChI=1S/C21H29N5O/c1-17-22-10-12-25(17)11-4-6-21(27)26-14-18-7-8-20(26)16-24(13-18)15-19-5-2-3-9-23-19/h2-3,5,9-10,12,18,20H,4,6-8,11,13-16H2,1H3/t18-,20+/m0/s1. The summed E-state index contributed by atoms with van der Waals surface area (Å²) < 4.78 is 2.12. The third kappa shape index (κ3) is 4.38.